The third kappa shape index (κ3) is 4.52. The van der Waals surface area contributed by atoms with Gasteiger partial charge in [0.2, 0.25) is 0 Å². The molecule has 132 valence electrons. The highest BCUT2D eigenvalue weighted by Crippen LogP contribution is 2.27. The van der Waals surface area contributed by atoms with Gasteiger partial charge in [-0.05, 0) is 36.4 Å². The van der Waals surface area contributed by atoms with E-state index in [9.17, 15) is 14.0 Å². The van der Waals surface area contributed by atoms with Crippen molar-refractivity contribution in [2.45, 2.75) is 12.8 Å². The van der Waals surface area contributed by atoms with Crippen molar-refractivity contribution in [1.29, 1.82) is 0 Å². The number of ketones is 1. The van der Waals surface area contributed by atoms with Crippen LogP contribution in [0.3, 0.4) is 0 Å². The molecule has 0 saturated carbocycles. The Hall–Kier alpha value is -3.06. The normalized spacial score (nSPS) is 10.5. The Balaban J connectivity index is 1.80. The molecule has 0 aliphatic rings. The number of hydrogen-bond acceptors (Lipinski definition) is 5. The number of Topliss-reactive ketones (excluding diaryl/α,β-unsaturated/α-hetero) is 1. The zero-order valence-corrected chi connectivity index (χ0v) is 14.3. The minimum Gasteiger partial charge on any atom is -0.478 e. The Labute approximate surface area is 152 Å². The highest BCUT2D eigenvalue weighted by Gasteiger charge is 2.14. The fraction of sp³-hybridized carbons (Fsp3) is 0.105. The lowest BCUT2D eigenvalue weighted by Crippen LogP contribution is -2.08. The van der Waals surface area contributed by atoms with Gasteiger partial charge in [-0.3, -0.25) is 4.79 Å². The van der Waals surface area contributed by atoms with Crippen molar-refractivity contribution in [2.75, 3.05) is 0 Å². The molecular weight excluding hydrogens is 357 g/mol. The summed E-state index contributed by atoms with van der Waals surface area (Å²) < 4.78 is 19.3. The number of hydrogen-bond donors (Lipinski definition) is 1. The molecule has 2 aromatic carbocycles. The van der Waals surface area contributed by atoms with Gasteiger partial charge in [-0.2, -0.15) is 0 Å². The Bertz CT molecular complexity index is 940. The average Bonchev–Trinajstić information content (AvgIpc) is 3.10. The van der Waals surface area contributed by atoms with Crippen LogP contribution in [0.5, 0.6) is 11.5 Å². The summed E-state index contributed by atoms with van der Waals surface area (Å²) in [6.45, 7) is 0. The lowest BCUT2D eigenvalue weighted by atomic mass is 10.1. The monoisotopic (exact) mass is 371 g/mol. The van der Waals surface area contributed by atoms with E-state index in [4.69, 9.17) is 9.84 Å². The Kier molecular flexibility index (Phi) is 5.38. The molecule has 1 N–H and O–H groups in total. The second-order valence-electron chi connectivity index (χ2n) is 5.51. The van der Waals surface area contributed by atoms with Crippen molar-refractivity contribution in [3.63, 3.8) is 0 Å². The molecule has 0 radical (unpaired) electrons. The third-order valence-electron chi connectivity index (χ3n) is 3.55. The van der Waals surface area contributed by atoms with Gasteiger partial charge in [-0.1, -0.05) is 6.07 Å². The number of halogens is 1. The second kappa shape index (κ2) is 7.88. The number of thiazole rings is 1. The number of ether oxygens (including phenoxy) is 1. The van der Waals surface area contributed by atoms with E-state index in [2.05, 4.69) is 4.98 Å². The van der Waals surface area contributed by atoms with E-state index in [0.29, 0.717) is 22.1 Å². The van der Waals surface area contributed by atoms with Crippen molar-refractivity contribution in [1.82, 2.24) is 4.98 Å². The van der Waals surface area contributed by atoms with Gasteiger partial charge in [-0.25, -0.2) is 14.2 Å². The fourth-order valence-electron chi connectivity index (χ4n) is 2.39. The van der Waals surface area contributed by atoms with Crippen LogP contribution in [0.25, 0.3) is 0 Å². The topological polar surface area (TPSA) is 76.5 Å². The number of nitrogens with zero attached hydrogens (tertiary/aromatic N) is 1. The Morgan fingerprint density at radius 1 is 1.15 bits per heavy atom. The van der Waals surface area contributed by atoms with Crippen molar-refractivity contribution >= 4 is 23.1 Å². The lowest BCUT2D eigenvalue weighted by molar-refractivity contribution is -0.117. The van der Waals surface area contributed by atoms with Crippen LogP contribution in [0.4, 0.5) is 4.39 Å². The zero-order valence-electron chi connectivity index (χ0n) is 13.5. The molecule has 0 saturated heterocycles. The highest BCUT2D eigenvalue weighted by atomic mass is 32.1. The molecule has 3 rings (SSSR count). The van der Waals surface area contributed by atoms with Gasteiger partial charge in [0.1, 0.15) is 23.1 Å². The molecule has 0 spiro atoms. The SMILES string of the molecule is O=C(Cc1nccs1)Cc1cc(F)ccc1Oc1cccc(C(=O)O)c1. The molecule has 0 unspecified atom stereocenters. The summed E-state index contributed by atoms with van der Waals surface area (Å²) in [5, 5.41) is 11.5. The summed E-state index contributed by atoms with van der Waals surface area (Å²) in [7, 11) is 0. The fourth-order valence-corrected chi connectivity index (χ4v) is 3.03. The van der Waals surface area contributed by atoms with E-state index in [1.165, 1.54) is 41.7 Å². The number of carboxylic acids is 1. The van der Waals surface area contributed by atoms with E-state index in [1.54, 1.807) is 23.7 Å². The van der Waals surface area contributed by atoms with Crippen LogP contribution in [0.2, 0.25) is 0 Å². The molecule has 7 heteroatoms. The van der Waals surface area contributed by atoms with Crippen LogP contribution in [0.1, 0.15) is 20.9 Å². The van der Waals surface area contributed by atoms with Crippen LogP contribution < -0.4 is 4.74 Å². The number of carbonyl (C=O) groups excluding carboxylic acids is 1. The molecule has 0 aliphatic carbocycles. The predicted molar refractivity (Wildman–Crippen MR) is 94.4 cm³/mol. The van der Waals surface area contributed by atoms with Gasteiger partial charge in [0.15, 0.2) is 0 Å². The molecule has 0 amide bonds. The summed E-state index contributed by atoms with van der Waals surface area (Å²) in [5.74, 6) is -1.07. The number of rotatable bonds is 7. The van der Waals surface area contributed by atoms with Gasteiger partial charge >= 0.3 is 5.97 Å². The summed E-state index contributed by atoms with van der Waals surface area (Å²) in [6.07, 6.45) is 1.78. The van der Waals surface area contributed by atoms with E-state index in [-0.39, 0.29) is 24.2 Å². The second-order valence-corrected chi connectivity index (χ2v) is 6.48. The first-order valence-corrected chi connectivity index (χ1v) is 8.59. The van der Waals surface area contributed by atoms with Gasteiger partial charge in [0, 0.05) is 23.6 Å². The standard InChI is InChI=1S/C19H14FNO4S/c20-14-4-5-17(25-16-3-1-2-12(10-16)19(23)24)13(8-14)9-15(22)11-18-21-6-7-26-18/h1-8,10H,9,11H2,(H,23,24). The third-order valence-corrected chi connectivity index (χ3v) is 4.33. The van der Waals surface area contributed by atoms with Crippen LogP contribution in [-0.4, -0.2) is 21.8 Å². The summed E-state index contributed by atoms with van der Waals surface area (Å²) in [6, 6.07) is 9.85. The molecular formula is C19H14FNO4S. The van der Waals surface area contributed by atoms with Gasteiger partial charge in [-0.15, -0.1) is 11.3 Å². The number of aromatic nitrogens is 1. The molecule has 0 aliphatic heterocycles. The number of benzene rings is 2. The summed E-state index contributed by atoms with van der Waals surface area (Å²) in [4.78, 5) is 27.4. The van der Waals surface area contributed by atoms with Crippen molar-refractivity contribution < 1.29 is 23.8 Å². The van der Waals surface area contributed by atoms with Crippen molar-refractivity contribution in [3.05, 3.63) is 76.0 Å². The van der Waals surface area contributed by atoms with Gasteiger partial charge in [0.05, 0.1) is 17.0 Å². The predicted octanol–water partition coefficient (Wildman–Crippen LogP) is 4.13. The van der Waals surface area contributed by atoms with E-state index in [0.717, 1.165) is 0 Å². The highest BCUT2D eigenvalue weighted by molar-refractivity contribution is 7.09. The van der Waals surface area contributed by atoms with Crippen LogP contribution in [0, 0.1) is 5.82 Å². The molecule has 0 fully saturated rings. The summed E-state index contributed by atoms with van der Waals surface area (Å²) >= 11 is 1.38. The van der Waals surface area contributed by atoms with E-state index in [1.807, 2.05) is 0 Å². The molecule has 0 bridgehead atoms. The minimum atomic E-state index is -1.08. The molecule has 1 aromatic heterocycles. The maximum Gasteiger partial charge on any atom is 0.335 e. The van der Waals surface area contributed by atoms with Crippen LogP contribution in [0.15, 0.2) is 54.0 Å². The lowest BCUT2D eigenvalue weighted by Gasteiger charge is -2.11. The molecule has 3 aromatic rings. The van der Waals surface area contributed by atoms with Crippen molar-refractivity contribution in [3.8, 4) is 11.5 Å². The minimum absolute atomic E-state index is 0.00864. The molecule has 0 atom stereocenters. The largest absolute Gasteiger partial charge is 0.478 e. The molecule has 1 heterocycles. The van der Waals surface area contributed by atoms with Crippen molar-refractivity contribution in [2.24, 2.45) is 0 Å². The van der Waals surface area contributed by atoms with Gasteiger partial charge < -0.3 is 9.84 Å². The maximum atomic E-state index is 13.6. The van der Waals surface area contributed by atoms with E-state index < -0.39 is 11.8 Å². The molecule has 5 nitrogen and oxygen atoms in total. The van der Waals surface area contributed by atoms with Crippen LogP contribution >= 0.6 is 11.3 Å². The number of carboxylic acid groups (broad SMARTS) is 1. The first-order chi connectivity index (χ1) is 12.5. The Morgan fingerprint density at radius 2 is 2.00 bits per heavy atom. The first-order valence-electron chi connectivity index (χ1n) is 7.71. The molecule has 26 heavy (non-hydrogen) atoms. The maximum absolute atomic E-state index is 13.6. The van der Waals surface area contributed by atoms with Gasteiger partial charge in [0.25, 0.3) is 0 Å². The first kappa shape index (κ1) is 17.8. The zero-order chi connectivity index (χ0) is 18.5. The van der Waals surface area contributed by atoms with E-state index >= 15 is 0 Å². The van der Waals surface area contributed by atoms with Crippen LogP contribution in [-0.2, 0) is 17.6 Å². The smallest absolute Gasteiger partial charge is 0.335 e. The number of carbonyl (C=O) groups is 2. The summed E-state index contributed by atoms with van der Waals surface area (Å²) in [5.41, 5.74) is 0.471. The Morgan fingerprint density at radius 3 is 2.73 bits per heavy atom. The quantitative estimate of drug-likeness (QED) is 0.676. The number of aromatic carboxylic acids is 1. The average molecular weight is 371 g/mol.